The highest BCUT2D eigenvalue weighted by Crippen LogP contribution is 2.45. The molecule has 1 aromatic carbocycles. The fraction of sp³-hybridized carbons (Fsp3) is 0.250. The first kappa shape index (κ1) is 19.0. The number of ketones is 1. The number of rotatable bonds is 3. The van der Waals surface area contributed by atoms with Crippen LogP contribution in [0, 0.1) is 5.92 Å². The highest BCUT2D eigenvalue weighted by molar-refractivity contribution is 7.12. The number of aliphatic hydroxyl groups is 1. The molecule has 0 aliphatic carbocycles. The van der Waals surface area contributed by atoms with E-state index in [2.05, 4.69) is 5.32 Å². The predicted octanol–water partition coefficient (Wildman–Crippen LogP) is 2.26. The van der Waals surface area contributed by atoms with Gasteiger partial charge in [-0.1, -0.05) is 12.1 Å². The predicted molar refractivity (Wildman–Crippen MR) is 87.3 cm³/mol. The summed E-state index contributed by atoms with van der Waals surface area (Å²) in [5, 5.41) is 34.5. The van der Waals surface area contributed by atoms with Gasteiger partial charge in [0, 0.05) is 0 Å². The number of urea groups is 1. The number of amides is 2. The molecule has 3 rings (SSSR count). The van der Waals surface area contributed by atoms with Crippen LogP contribution in [0.25, 0.3) is 0 Å². The number of halogens is 3. The molecule has 11 heteroatoms. The van der Waals surface area contributed by atoms with Crippen LogP contribution in [0.4, 0.5) is 18.0 Å². The Labute approximate surface area is 154 Å². The molecule has 0 bridgehead atoms. The molecule has 1 aromatic heterocycles. The van der Waals surface area contributed by atoms with Crippen LogP contribution in [-0.2, 0) is 0 Å². The normalized spacial score (nSPS) is 25.6. The smallest absolute Gasteiger partial charge is 0.437 e. The van der Waals surface area contributed by atoms with Gasteiger partial charge in [-0.05, 0) is 29.1 Å². The first-order valence-electron chi connectivity index (χ1n) is 7.52. The minimum absolute atomic E-state index is 0.0476. The molecule has 2 amide bonds. The number of carbonyl (C=O) groups is 2. The van der Waals surface area contributed by atoms with E-state index in [1.807, 2.05) is 0 Å². The lowest BCUT2D eigenvalue weighted by atomic mass is 9.78. The van der Waals surface area contributed by atoms with E-state index in [0.717, 1.165) is 29.5 Å². The quantitative estimate of drug-likeness (QED) is 0.399. The minimum atomic E-state index is -5.36. The van der Waals surface area contributed by atoms with Gasteiger partial charge in [-0.2, -0.15) is 13.2 Å². The maximum absolute atomic E-state index is 13.7. The number of hydrogen-bond donors (Lipinski definition) is 5. The Morgan fingerprint density at radius 3 is 2.44 bits per heavy atom. The summed E-state index contributed by atoms with van der Waals surface area (Å²) in [4.78, 5) is 24.6. The lowest BCUT2D eigenvalue weighted by Crippen LogP contribution is -2.72. The first-order chi connectivity index (χ1) is 12.5. The molecule has 1 aliphatic heterocycles. The minimum Gasteiger partial charge on any atom is -0.504 e. The standard InChI is InChI=1S/C16H13F3N2O5S/c17-16(18,19)15(26)11(13(24)10-2-1-5-27-10)12(20-14(25)21-15)7-3-4-8(22)9(23)6-7/h1-6,11-12,22-23,26H,(H2,20,21,25)/t11-,12-,15+/m1/s1. The summed E-state index contributed by atoms with van der Waals surface area (Å²) in [6, 6.07) is 2.84. The van der Waals surface area contributed by atoms with Gasteiger partial charge in [0.2, 0.25) is 5.72 Å². The van der Waals surface area contributed by atoms with Crippen LogP contribution in [0.15, 0.2) is 35.7 Å². The third kappa shape index (κ3) is 3.19. The van der Waals surface area contributed by atoms with Crippen LogP contribution in [0.1, 0.15) is 21.3 Å². The van der Waals surface area contributed by atoms with Gasteiger partial charge in [-0.15, -0.1) is 11.3 Å². The Morgan fingerprint density at radius 1 is 1.19 bits per heavy atom. The number of phenols is 2. The molecule has 27 heavy (non-hydrogen) atoms. The summed E-state index contributed by atoms with van der Waals surface area (Å²) in [6.07, 6.45) is -5.36. The van der Waals surface area contributed by atoms with Crippen LogP contribution in [0.2, 0.25) is 0 Å². The molecule has 0 unspecified atom stereocenters. The van der Waals surface area contributed by atoms with Gasteiger partial charge in [-0.3, -0.25) is 4.79 Å². The Kier molecular flexibility index (Phi) is 4.52. The van der Waals surface area contributed by atoms with Crippen molar-refractivity contribution in [1.29, 1.82) is 0 Å². The topological polar surface area (TPSA) is 119 Å². The fourth-order valence-corrected chi connectivity index (χ4v) is 3.63. The highest BCUT2D eigenvalue weighted by atomic mass is 32.1. The van der Waals surface area contributed by atoms with E-state index in [1.54, 1.807) is 0 Å². The molecular formula is C16H13F3N2O5S. The molecule has 1 aliphatic rings. The summed E-state index contributed by atoms with van der Waals surface area (Å²) in [5.74, 6) is -4.42. The molecule has 3 atom stereocenters. The third-order valence-electron chi connectivity index (χ3n) is 4.21. The highest BCUT2D eigenvalue weighted by Gasteiger charge is 2.66. The van der Waals surface area contributed by atoms with E-state index in [4.69, 9.17) is 0 Å². The third-order valence-corrected chi connectivity index (χ3v) is 5.10. The largest absolute Gasteiger partial charge is 0.504 e. The van der Waals surface area contributed by atoms with Crippen molar-refractivity contribution in [1.82, 2.24) is 10.6 Å². The number of carbonyl (C=O) groups excluding carboxylic acids is 2. The molecule has 0 spiro atoms. The SMILES string of the molecule is O=C1N[C@H](c2ccc(O)c(O)c2)[C@H](C(=O)c2cccs2)[C@](O)(C(F)(F)F)N1. The van der Waals surface area contributed by atoms with Crippen LogP contribution in [0.5, 0.6) is 11.5 Å². The van der Waals surface area contributed by atoms with Crippen LogP contribution in [0.3, 0.4) is 0 Å². The average molecular weight is 402 g/mol. The molecule has 144 valence electrons. The molecule has 2 aromatic rings. The number of aromatic hydroxyl groups is 2. The van der Waals surface area contributed by atoms with E-state index in [-0.39, 0.29) is 10.4 Å². The molecule has 1 fully saturated rings. The zero-order valence-electron chi connectivity index (χ0n) is 13.3. The Morgan fingerprint density at radius 2 is 1.89 bits per heavy atom. The monoisotopic (exact) mass is 402 g/mol. The summed E-state index contributed by atoms with van der Waals surface area (Å²) in [6.45, 7) is 0. The van der Waals surface area contributed by atoms with E-state index < -0.39 is 47.2 Å². The van der Waals surface area contributed by atoms with E-state index >= 15 is 0 Å². The van der Waals surface area contributed by atoms with Crippen molar-refractivity contribution in [2.75, 3.05) is 0 Å². The maximum Gasteiger partial charge on any atom is 0.437 e. The second kappa shape index (κ2) is 6.43. The number of phenolic OH excluding ortho intramolecular Hbond substituents is 2. The van der Waals surface area contributed by atoms with Gasteiger partial charge in [0.15, 0.2) is 17.3 Å². The molecule has 0 saturated carbocycles. The number of benzene rings is 1. The maximum atomic E-state index is 13.7. The van der Waals surface area contributed by atoms with Crippen molar-refractivity contribution >= 4 is 23.2 Å². The lowest BCUT2D eigenvalue weighted by molar-refractivity contribution is -0.287. The van der Waals surface area contributed by atoms with Crippen molar-refractivity contribution in [3.8, 4) is 11.5 Å². The van der Waals surface area contributed by atoms with Gasteiger partial charge in [0.05, 0.1) is 10.9 Å². The van der Waals surface area contributed by atoms with Crippen molar-refractivity contribution in [3.63, 3.8) is 0 Å². The summed E-state index contributed by atoms with van der Waals surface area (Å²) >= 11 is 0.882. The van der Waals surface area contributed by atoms with Gasteiger partial charge in [0.25, 0.3) is 0 Å². The zero-order valence-corrected chi connectivity index (χ0v) is 14.1. The number of nitrogens with one attached hydrogen (secondary N) is 2. The van der Waals surface area contributed by atoms with E-state index in [9.17, 15) is 38.1 Å². The number of alkyl halides is 3. The Balaban J connectivity index is 2.17. The molecule has 5 N–H and O–H groups in total. The fourth-order valence-electron chi connectivity index (χ4n) is 2.92. The average Bonchev–Trinajstić information content (AvgIpc) is 3.09. The number of thiophene rings is 1. The van der Waals surface area contributed by atoms with Crippen LogP contribution in [-0.4, -0.2) is 39.0 Å². The number of Topliss-reactive ketones (excluding diaryl/α,β-unsaturated/α-hetero) is 1. The van der Waals surface area contributed by atoms with Gasteiger partial charge in [0.1, 0.15) is 5.92 Å². The second-order valence-corrected chi connectivity index (χ2v) is 6.86. The van der Waals surface area contributed by atoms with Crippen molar-refractivity contribution in [3.05, 3.63) is 46.2 Å². The Bertz CT molecular complexity index is 887. The van der Waals surface area contributed by atoms with Crippen molar-refractivity contribution < 1.29 is 38.1 Å². The molecule has 7 nitrogen and oxygen atoms in total. The molecule has 0 radical (unpaired) electrons. The molecular weight excluding hydrogens is 389 g/mol. The van der Waals surface area contributed by atoms with Gasteiger partial charge >= 0.3 is 12.2 Å². The lowest BCUT2D eigenvalue weighted by Gasteiger charge is -2.44. The van der Waals surface area contributed by atoms with E-state index in [1.165, 1.54) is 22.8 Å². The number of hydrogen-bond acceptors (Lipinski definition) is 6. The van der Waals surface area contributed by atoms with Crippen molar-refractivity contribution in [2.45, 2.75) is 17.9 Å². The summed E-state index contributed by atoms with van der Waals surface area (Å²) in [5.41, 5.74) is -3.94. The molecule has 1 saturated heterocycles. The zero-order chi connectivity index (χ0) is 20.0. The first-order valence-corrected chi connectivity index (χ1v) is 8.40. The van der Waals surface area contributed by atoms with E-state index in [0.29, 0.717) is 0 Å². The molecule has 2 heterocycles. The second-order valence-electron chi connectivity index (χ2n) is 5.91. The Hall–Kier alpha value is -2.79. The van der Waals surface area contributed by atoms with Gasteiger partial charge in [-0.25, -0.2) is 4.79 Å². The van der Waals surface area contributed by atoms with Crippen LogP contribution >= 0.6 is 11.3 Å². The summed E-state index contributed by atoms with van der Waals surface area (Å²) in [7, 11) is 0. The van der Waals surface area contributed by atoms with Gasteiger partial charge < -0.3 is 26.0 Å². The van der Waals surface area contributed by atoms with Crippen LogP contribution < -0.4 is 10.6 Å². The summed E-state index contributed by atoms with van der Waals surface area (Å²) < 4.78 is 41.0. The van der Waals surface area contributed by atoms with Crippen molar-refractivity contribution in [2.24, 2.45) is 5.92 Å².